The van der Waals surface area contributed by atoms with Gasteiger partial charge < -0.3 is 4.74 Å². The fourth-order valence-electron chi connectivity index (χ4n) is 4.98. The van der Waals surface area contributed by atoms with Gasteiger partial charge >= 0.3 is 5.97 Å². The molecule has 0 N–H and O–H groups in total. The van der Waals surface area contributed by atoms with Crippen LogP contribution in [0.2, 0.25) is 0 Å². The Kier molecular flexibility index (Phi) is 6.47. The number of aromatic nitrogens is 1. The largest absolute Gasteiger partial charge is 0.451 e. The molecular formula is C34H24N2O5. The minimum atomic E-state index is -0.986. The lowest BCUT2D eigenvalue weighted by Gasteiger charge is -2.16. The van der Waals surface area contributed by atoms with Crippen LogP contribution in [0.15, 0.2) is 103 Å². The zero-order valence-electron chi connectivity index (χ0n) is 22.3. The van der Waals surface area contributed by atoms with Crippen LogP contribution in [-0.2, 0) is 4.74 Å². The van der Waals surface area contributed by atoms with Crippen molar-refractivity contribution in [2.24, 2.45) is 0 Å². The van der Waals surface area contributed by atoms with Crippen molar-refractivity contribution in [1.29, 1.82) is 0 Å². The average molecular weight is 541 g/mol. The molecule has 1 aliphatic heterocycles. The van der Waals surface area contributed by atoms with Crippen LogP contribution >= 0.6 is 0 Å². The van der Waals surface area contributed by atoms with Gasteiger partial charge in [-0.05, 0) is 56.3 Å². The summed E-state index contributed by atoms with van der Waals surface area (Å²) in [5.41, 5.74) is 4.63. The molecule has 0 bridgehead atoms. The third-order valence-corrected chi connectivity index (χ3v) is 7.11. The normalized spacial score (nSPS) is 13.3. The Morgan fingerprint density at radius 2 is 1.41 bits per heavy atom. The summed E-state index contributed by atoms with van der Waals surface area (Å²) in [5, 5.41) is 0.612. The molecule has 0 fully saturated rings. The minimum Gasteiger partial charge on any atom is -0.451 e. The van der Waals surface area contributed by atoms with Crippen molar-refractivity contribution < 1.29 is 23.9 Å². The number of pyridine rings is 1. The first-order valence-corrected chi connectivity index (χ1v) is 13.1. The molecule has 1 aliphatic rings. The van der Waals surface area contributed by atoms with Crippen LogP contribution in [0.25, 0.3) is 22.2 Å². The quantitative estimate of drug-likeness (QED) is 0.140. The predicted molar refractivity (Wildman–Crippen MR) is 155 cm³/mol. The SMILES string of the molecule is Cc1ccc2nc(-c3ccc(N4C(=O)c5ccccc5C4=O)cc3)cc(C(=O)OC(C)C(=O)c3ccccc3)c2c1. The van der Waals surface area contributed by atoms with E-state index in [9.17, 15) is 19.2 Å². The average Bonchev–Trinajstić information content (AvgIpc) is 3.26. The van der Waals surface area contributed by atoms with Gasteiger partial charge in [0.05, 0.1) is 33.6 Å². The molecule has 4 aromatic carbocycles. The Bertz CT molecular complexity index is 1830. The summed E-state index contributed by atoms with van der Waals surface area (Å²) in [5.74, 6) is -1.68. The second kappa shape index (κ2) is 10.3. The first kappa shape index (κ1) is 25.8. The van der Waals surface area contributed by atoms with E-state index < -0.39 is 12.1 Å². The molecule has 0 radical (unpaired) electrons. The zero-order chi connectivity index (χ0) is 28.7. The van der Waals surface area contributed by atoms with Gasteiger partial charge in [0, 0.05) is 16.5 Å². The predicted octanol–water partition coefficient (Wildman–Crippen LogP) is 6.44. The fraction of sp³-hybridized carbons (Fsp3) is 0.0882. The number of carbonyl (C=O) groups excluding carboxylic acids is 4. The highest BCUT2D eigenvalue weighted by molar-refractivity contribution is 6.34. The molecule has 7 nitrogen and oxygen atoms in total. The Labute approximate surface area is 236 Å². The molecule has 0 saturated heterocycles. The standard InChI is InChI=1S/C34H24N2O5/c1-20-12-17-29-27(18-20)28(34(40)41-21(2)31(37)23-8-4-3-5-9-23)19-30(35-29)22-13-15-24(16-14-22)36-32(38)25-10-6-7-11-26(25)33(36)39/h3-19,21H,1-2H3. The molecule has 2 heterocycles. The number of fused-ring (bicyclic) bond motifs is 2. The highest BCUT2D eigenvalue weighted by Crippen LogP contribution is 2.31. The van der Waals surface area contributed by atoms with E-state index in [4.69, 9.17) is 9.72 Å². The molecule has 2 amide bonds. The molecule has 0 spiro atoms. The summed E-state index contributed by atoms with van der Waals surface area (Å²) in [6, 6.07) is 29.5. The molecule has 7 heteroatoms. The topological polar surface area (TPSA) is 93.6 Å². The third-order valence-electron chi connectivity index (χ3n) is 7.11. The number of Topliss-reactive ketones (excluding diaryl/α,β-unsaturated/α-hetero) is 1. The van der Waals surface area contributed by atoms with Gasteiger partial charge in [-0.3, -0.25) is 14.4 Å². The number of ether oxygens (including phenoxy) is 1. The maximum Gasteiger partial charge on any atom is 0.339 e. The maximum absolute atomic E-state index is 13.4. The lowest BCUT2D eigenvalue weighted by molar-refractivity contribution is 0.0320. The van der Waals surface area contributed by atoms with E-state index in [-0.39, 0.29) is 23.2 Å². The Morgan fingerprint density at radius 1 is 0.780 bits per heavy atom. The molecule has 1 aromatic heterocycles. The number of carbonyl (C=O) groups is 4. The monoisotopic (exact) mass is 540 g/mol. The molecule has 200 valence electrons. The molecule has 6 rings (SSSR count). The van der Waals surface area contributed by atoms with Crippen LogP contribution in [0.5, 0.6) is 0 Å². The lowest BCUT2D eigenvalue weighted by atomic mass is 10.0. The number of imide groups is 1. The number of ketones is 1. The summed E-state index contributed by atoms with van der Waals surface area (Å²) in [7, 11) is 0. The number of anilines is 1. The van der Waals surface area contributed by atoms with Gasteiger partial charge in [0.15, 0.2) is 6.10 Å². The van der Waals surface area contributed by atoms with Crippen molar-refractivity contribution in [3.63, 3.8) is 0 Å². The van der Waals surface area contributed by atoms with Gasteiger partial charge in [-0.2, -0.15) is 0 Å². The number of esters is 1. The molecule has 5 aromatic rings. The summed E-state index contributed by atoms with van der Waals surface area (Å²) >= 11 is 0. The van der Waals surface area contributed by atoms with E-state index in [0.717, 1.165) is 10.5 Å². The number of nitrogens with zero attached hydrogens (tertiary/aromatic N) is 2. The first-order chi connectivity index (χ1) is 19.8. The summed E-state index contributed by atoms with van der Waals surface area (Å²) in [4.78, 5) is 58.0. The van der Waals surface area contributed by atoms with Crippen LogP contribution in [0.4, 0.5) is 5.69 Å². The van der Waals surface area contributed by atoms with Crippen molar-refractivity contribution in [2.75, 3.05) is 4.90 Å². The van der Waals surface area contributed by atoms with Gasteiger partial charge in [0.25, 0.3) is 11.8 Å². The van der Waals surface area contributed by atoms with Crippen LogP contribution < -0.4 is 4.90 Å². The maximum atomic E-state index is 13.4. The van der Waals surface area contributed by atoms with Crippen molar-refractivity contribution in [3.8, 4) is 11.3 Å². The molecule has 41 heavy (non-hydrogen) atoms. The zero-order valence-corrected chi connectivity index (χ0v) is 22.3. The van der Waals surface area contributed by atoms with Crippen molar-refractivity contribution >= 4 is 40.2 Å². The number of amides is 2. The minimum absolute atomic E-state index is 0.283. The lowest BCUT2D eigenvalue weighted by Crippen LogP contribution is -2.29. The Morgan fingerprint density at radius 3 is 2.07 bits per heavy atom. The third kappa shape index (κ3) is 4.67. The number of hydrogen-bond acceptors (Lipinski definition) is 6. The molecule has 0 saturated carbocycles. The highest BCUT2D eigenvalue weighted by Gasteiger charge is 2.36. The van der Waals surface area contributed by atoms with Crippen LogP contribution in [0.3, 0.4) is 0 Å². The van der Waals surface area contributed by atoms with Crippen LogP contribution in [0.1, 0.15) is 53.9 Å². The van der Waals surface area contributed by atoms with E-state index in [0.29, 0.717) is 44.5 Å². The van der Waals surface area contributed by atoms with E-state index in [1.165, 1.54) is 0 Å². The van der Waals surface area contributed by atoms with E-state index in [2.05, 4.69) is 0 Å². The number of hydrogen-bond donors (Lipinski definition) is 0. The van der Waals surface area contributed by atoms with Crippen molar-refractivity contribution in [3.05, 3.63) is 131 Å². The van der Waals surface area contributed by atoms with Gasteiger partial charge in [-0.25, -0.2) is 14.7 Å². The van der Waals surface area contributed by atoms with E-state index >= 15 is 0 Å². The number of benzene rings is 4. The van der Waals surface area contributed by atoms with Crippen molar-refractivity contribution in [1.82, 2.24) is 4.98 Å². The number of rotatable bonds is 6. The summed E-state index contributed by atoms with van der Waals surface area (Å²) < 4.78 is 5.63. The first-order valence-electron chi connectivity index (χ1n) is 13.1. The van der Waals surface area contributed by atoms with Gasteiger partial charge in [0.1, 0.15) is 0 Å². The second-order valence-corrected chi connectivity index (χ2v) is 9.89. The van der Waals surface area contributed by atoms with Gasteiger partial charge in [-0.1, -0.05) is 66.2 Å². The van der Waals surface area contributed by atoms with Gasteiger partial charge in [0.2, 0.25) is 5.78 Å². The fourth-order valence-corrected chi connectivity index (χ4v) is 4.98. The molecule has 1 atom stereocenters. The summed E-state index contributed by atoms with van der Waals surface area (Å²) in [6.07, 6.45) is -0.986. The highest BCUT2D eigenvalue weighted by atomic mass is 16.5. The smallest absolute Gasteiger partial charge is 0.339 e. The molecular weight excluding hydrogens is 516 g/mol. The van der Waals surface area contributed by atoms with Gasteiger partial charge in [-0.15, -0.1) is 0 Å². The van der Waals surface area contributed by atoms with Crippen LogP contribution in [-0.4, -0.2) is 34.7 Å². The summed E-state index contributed by atoms with van der Waals surface area (Å²) in [6.45, 7) is 3.47. The van der Waals surface area contributed by atoms with Crippen molar-refractivity contribution in [2.45, 2.75) is 20.0 Å². The Hall–Kier alpha value is -5.43. The molecule has 0 aliphatic carbocycles. The van der Waals surface area contributed by atoms with Crippen LogP contribution in [0, 0.1) is 6.92 Å². The Balaban J connectivity index is 1.32. The van der Waals surface area contributed by atoms with E-state index in [1.54, 1.807) is 85.8 Å². The number of aryl methyl sites for hydroxylation is 1. The molecule has 1 unspecified atom stereocenters. The second-order valence-electron chi connectivity index (χ2n) is 9.89. The van der Waals surface area contributed by atoms with E-state index in [1.807, 2.05) is 31.2 Å².